The van der Waals surface area contributed by atoms with Crippen LogP contribution in [0.5, 0.6) is 0 Å². The highest BCUT2D eigenvalue weighted by atomic mass is 35.5. The lowest BCUT2D eigenvalue weighted by molar-refractivity contribution is 0.857. The van der Waals surface area contributed by atoms with E-state index in [4.69, 9.17) is 23.2 Å². The Balaban J connectivity index is 2.50. The van der Waals surface area contributed by atoms with Crippen LogP contribution in [-0.2, 0) is 0 Å². The zero-order chi connectivity index (χ0) is 11.0. The SMILES string of the molecule is CC(C)C1=Nc2cccc(Cl)c2NC1Cl. The predicted octanol–water partition coefficient (Wildman–Crippen LogP) is 4.06. The van der Waals surface area contributed by atoms with Gasteiger partial charge in [0.05, 0.1) is 22.1 Å². The summed E-state index contributed by atoms with van der Waals surface area (Å²) in [5.41, 5.74) is 2.37. The van der Waals surface area contributed by atoms with Gasteiger partial charge in [0.25, 0.3) is 0 Å². The standard InChI is InChI=1S/C11H12Cl2N2/c1-6(2)9-11(13)15-10-7(12)4-3-5-8(10)14-9/h3-6,11,15H,1-2H3. The molecule has 1 aliphatic rings. The molecule has 0 aliphatic carbocycles. The van der Waals surface area contributed by atoms with Gasteiger partial charge in [-0.3, -0.25) is 4.99 Å². The first-order valence-electron chi connectivity index (χ1n) is 4.87. The molecule has 2 rings (SSSR count). The van der Waals surface area contributed by atoms with Gasteiger partial charge in [0.15, 0.2) is 0 Å². The van der Waals surface area contributed by atoms with Crippen molar-refractivity contribution < 1.29 is 0 Å². The van der Waals surface area contributed by atoms with Crippen LogP contribution < -0.4 is 5.32 Å². The van der Waals surface area contributed by atoms with Gasteiger partial charge in [0.2, 0.25) is 0 Å². The maximum Gasteiger partial charge on any atom is 0.141 e. The van der Waals surface area contributed by atoms with E-state index in [0.717, 1.165) is 17.1 Å². The summed E-state index contributed by atoms with van der Waals surface area (Å²) in [6.07, 6.45) is 0. The molecule has 15 heavy (non-hydrogen) atoms. The van der Waals surface area contributed by atoms with Gasteiger partial charge in [-0.05, 0) is 18.1 Å². The van der Waals surface area contributed by atoms with Gasteiger partial charge in [-0.15, -0.1) is 0 Å². The number of nitrogens with zero attached hydrogens (tertiary/aromatic N) is 1. The van der Waals surface area contributed by atoms with Crippen LogP contribution in [0.4, 0.5) is 11.4 Å². The van der Waals surface area contributed by atoms with Crippen LogP contribution in [0.3, 0.4) is 0 Å². The summed E-state index contributed by atoms with van der Waals surface area (Å²) in [7, 11) is 0. The molecular formula is C11H12Cl2N2. The van der Waals surface area contributed by atoms with Crippen LogP contribution in [0.15, 0.2) is 23.2 Å². The minimum Gasteiger partial charge on any atom is -0.362 e. The highest BCUT2D eigenvalue weighted by molar-refractivity contribution is 6.37. The third-order valence-electron chi connectivity index (χ3n) is 2.36. The smallest absolute Gasteiger partial charge is 0.141 e. The Morgan fingerprint density at radius 3 is 2.80 bits per heavy atom. The number of anilines is 1. The fraction of sp³-hybridized carbons (Fsp3) is 0.364. The summed E-state index contributed by atoms with van der Waals surface area (Å²) in [6, 6.07) is 5.64. The Bertz CT molecular complexity index is 413. The first kappa shape index (κ1) is 10.8. The Morgan fingerprint density at radius 2 is 2.13 bits per heavy atom. The Morgan fingerprint density at radius 1 is 1.40 bits per heavy atom. The van der Waals surface area contributed by atoms with Crippen LogP contribution in [0.1, 0.15) is 13.8 Å². The van der Waals surface area contributed by atoms with E-state index in [1.807, 2.05) is 18.2 Å². The Kier molecular flexibility index (Phi) is 2.89. The van der Waals surface area contributed by atoms with E-state index in [-0.39, 0.29) is 5.50 Å². The number of alkyl halides is 1. The van der Waals surface area contributed by atoms with E-state index >= 15 is 0 Å². The lowest BCUT2D eigenvalue weighted by Crippen LogP contribution is -2.30. The van der Waals surface area contributed by atoms with E-state index in [0.29, 0.717) is 10.9 Å². The highest BCUT2D eigenvalue weighted by Crippen LogP contribution is 2.37. The van der Waals surface area contributed by atoms with Crippen molar-refractivity contribution in [2.45, 2.75) is 19.3 Å². The van der Waals surface area contributed by atoms with E-state index in [2.05, 4.69) is 24.2 Å². The molecule has 1 aromatic rings. The molecule has 0 bridgehead atoms. The molecule has 1 aliphatic heterocycles. The van der Waals surface area contributed by atoms with Crippen molar-refractivity contribution in [1.82, 2.24) is 0 Å². The summed E-state index contributed by atoms with van der Waals surface area (Å²) in [5, 5.41) is 3.82. The van der Waals surface area contributed by atoms with Gasteiger partial charge in [-0.2, -0.15) is 0 Å². The van der Waals surface area contributed by atoms with Crippen LogP contribution in [0.2, 0.25) is 5.02 Å². The fourth-order valence-corrected chi connectivity index (χ4v) is 2.20. The molecule has 0 saturated heterocycles. The molecule has 0 amide bonds. The van der Waals surface area contributed by atoms with Gasteiger partial charge >= 0.3 is 0 Å². The number of halogens is 2. The summed E-state index contributed by atoms with van der Waals surface area (Å²) in [4.78, 5) is 4.52. The lowest BCUT2D eigenvalue weighted by Gasteiger charge is -2.25. The van der Waals surface area contributed by atoms with Crippen LogP contribution in [0, 0.1) is 5.92 Å². The molecule has 1 aromatic carbocycles. The number of para-hydroxylation sites is 1. The molecule has 1 atom stereocenters. The number of rotatable bonds is 1. The van der Waals surface area contributed by atoms with Gasteiger partial charge in [-0.25, -0.2) is 0 Å². The molecule has 2 nitrogen and oxygen atoms in total. The van der Waals surface area contributed by atoms with Crippen molar-refractivity contribution in [3.05, 3.63) is 23.2 Å². The molecule has 0 saturated carbocycles. The predicted molar refractivity (Wildman–Crippen MR) is 66.6 cm³/mol. The van der Waals surface area contributed by atoms with Crippen molar-refractivity contribution in [2.24, 2.45) is 10.9 Å². The summed E-state index contributed by atoms with van der Waals surface area (Å²) < 4.78 is 0. The second-order valence-electron chi connectivity index (χ2n) is 3.83. The number of hydrogen-bond donors (Lipinski definition) is 1. The summed E-state index contributed by atoms with van der Waals surface area (Å²) in [6.45, 7) is 4.15. The molecule has 0 fully saturated rings. The monoisotopic (exact) mass is 242 g/mol. The van der Waals surface area contributed by atoms with E-state index in [9.17, 15) is 0 Å². The van der Waals surface area contributed by atoms with Gasteiger partial charge in [-0.1, -0.05) is 43.1 Å². The third-order valence-corrected chi connectivity index (χ3v) is 3.01. The molecular weight excluding hydrogens is 231 g/mol. The van der Waals surface area contributed by atoms with Crippen LogP contribution in [0.25, 0.3) is 0 Å². The van der Waals surface area contributed by atoms with E-state index in [1.54, 1.807) is 0 Å². The largest absolute Gasteiger partial charge is 0.362 e. The summed E-state index contributed by atoms with van der Waals surface area (Å²) in [5.74, 6) is 0.326. The molecule has 80 valence electrons. The summed E-state index contributed by atoms with van der Waals surface area (Å²) >= 11 is 12.2. The number of aliphatic imine (C=N–C) groups is 1. The molecule has 1 heterocycles. The van der Waals surface area contributed by atoms with Crippen molar-refractivity contribution in [3.63, 3.8) is 0 Å². The molecule has 1 unspecified atom stereocenters. The first-order valence-corrected chi connectivity index (χ1v) is 5.68. The molecule has 0 spiro atoms. The van der Waals surface area contributed by atoms with Crippen LogP contribution in [-0.4, -0.2) is 11.2 Å². The Hall–Kier alpha value is -0.730. The average molecular weight is 243 g/mol. The maximum absolute atomic E-state index is 6.18. The zero-order valence-electron chi connectivity index (χ0n) is 8.59. The maximum atomic E-state index is 6.18. The fourth-order valence-electron chi connectivity index (χ4n) is 1.57. The van der Waals surface area contributed by atoms with Crippen molar-refractivity contribution in [2.75, 3.05) is 5.32 Å². The van der Waals surface area contributed by atoms with Gasteiger partial charge < -0.3 is 5.32 Å². The first-order chi connectivity index (χ1) is 7.09. The average Bonchev–Trinajstić information content (AvgIpc) is 2.18. The minimum atomic E-state index is -0.266. The quantitative estimate of drug-likeness (QED) is 0.583. The highest BCUT2D eigenvalue weighted by Gasteiger charge is 2.23. The minimum absolute atomic E-state index is 0.266. The Labute approximate surface area is 99.3 Å². The lowest BCUT2D eigenvalue weighted by atomic mass is 10.1. The molecule has 0 aromatic heterocycles. The van der Waals surface area contributed by atoms with Crippen LogP contribution >= 0.6 is 23.2 Å². The molecule has 1 N–H and O–H groups in total. The van der Waals surface area contributed by atoms with Crippen molar-refractivity contribution >= 4 is 40.3 Å². The molecule has 4 heteroatoms. The number of nitrogens with one attached hydrogen (secondary N) is 1. The van der Waals surface area contributed by atoms with E-state index in [1.165, 1.54) is 0 Å². The zero-order valence-corrected chi connectivity index (χ0v) is 10.1. The second-order valence-corrected chi connectivity index (χ2v) is 4.68. The van der Waals surface area contributed by atoms with Crippen molar-refractivity contribution in [3.8, 4) is 0 Å². The topological polar surface area (TPSA) is 24.4 Å². The van der Waals surface area contributed by atoms with Crippen molar-refractivity contribution in [1.29, 1.82) is 0 Å². The third kappa shape index (κ3) is 1.97. The van der Waals surface area contributed by atoms with E-state index < -0.39 is 0 Å². The van der Waals surface area contributed by atoms with Gasteiger partial charge in [0, 0.05) is 0 Å². The number of benzene rings is 1. The molecule has 0 radical (unpaired) electrons. The number of hydrogen-bond acceptors (Lipinski definition) is 2. The van der Waals surface area contributed by atoms with Gasteiger partial charge in [0.1, 0.15) is 5.50 Å². The normalized spacial score (nSPS) is 19.5. The second kappa shape index (κ2) is 4.03. The number of fused-ring (bicyclic) bond motifs is 1.